The Balaban J connectivity index is 2.10. The predicted molar refractivity (Wildman–Crippen MR) is 73.7 cm³/mol. The highest BCUT2D eigenvalue weighted by molar-refractivity contribution is 5.78. The Hall–Kier alpha value is -2.22. The molecule has 0 spiro atoms. The van der Waals surface area contributed by atoms with E-state index in [1.54, 1.807) is 9.80 Å². The van der Waals surface area contributed by atoms with Crippen molar-refractivity contribution in [1.82, 2.24) is 4.90 Å². The lowest BCUT2D eigenvalue weighted by atomic mass is 10.2. The molecule has 8 heteroatoms. The van der Waals surface area contributed by atoms with Crippen molar-refractivity contribution in [3.8, 4) is 0 Å². The van der Waals surface area contributed by atoms with Crippen molar-refractivity contribution in [2.24, 2.45) is 0 Å². The molecule has 1 aromatic carbocycles. The van der Waals surface area contributed by atoms with E-state index in [9.17, 15) is 19.3 Å². The third-order valence-electron chi connectivity index (χ3n) is 3.38. The zero-order chi connectivity index (χ0) is 15.4. The summed E-state index contributed by atoms with van der Waals surface area (Å²) in [5, 5.41) is 11.0. The summed E-state index contributed by atoms with van der Waals surface area (Å²) in [5.74, 6) is -0.639. The molecule has 0 unspecified atom stereocenters. The van der Waals surface area contributed by atoms with Gasteiger partial charge in [-0.05, 0) is 6.07 Å². The lowest BCUT2D eigenvalue weighted by Crippen LogP contribution is -2.49. The van der Waals surface area contributed by atoms with Gasteiger partial charge in [0.1, 0.15) is 18.1 Å². The molecule has 114 valence electrons. The van der Waals surface area contributed by atoms with E-state index < -0.39 is 10.7 Å². The number of halogens is 1. The molecule has 0 bridgehead atoms. The molecule has 1 fully saturated rings. The average Bonchev–Trinajstić information content (AvgIpc) is 2.47. The minimum atomic E-state index is -0.531. The maximum Gasteiger partial charge on any atom is 0.292 e. The van der Waals surface area contributed by atoms with Crippen LogP contribution in [0.25, 0.3) is 0 Å². The monoisotopic (exact) mass is 297 g/mol. The number of nitro benzene ring substituents is 1. The van der Waals surface area contributed by atoms with Gasteiger partial charge >= 0.3 is 0 Å². The average molecular weight is 297 g/mol. The van der Waals surface area contributed by atoms with Crippen LogP contribution >= 0.6 is 0 Å². The molecular formula is C13H16FN3O4. The van der Waals surface area contributed by atoms with Crippen molar-refractivity contribution in [3.63, 3.8) is 0 Å². The van der Waals surface area contributed by atoms with Crippen molar-refractivity contribution in [2.75, 3.05) is 44.8 Å². The van der Waals surface area contributed by atoms with Gasteiger partial charge in [0, 0.05) is 45.4 Å². The molecule has 1 saturated heterocycles. The van der Waals surface area contributed by atoms with E-state index >= 15 is 0 Å². The van der Waals surface area contributed by atoms with Crippen molar-refractivity contribution in [3.05, 3.63) is 34.1 Å². The van der Waals surface area contributed by atoms with Crippen molar-refractivity contribution < 1.29 is 18.8 Å². The fourth-order valence-corrected chi connectivity index (χ4v) is 2.32. The molecule has 21 heavy (non-hydrogen) atoms. The largest absolute Gasteiger partial charge is 0.375 e. The van der Waals surface area contributed by atoms with Gasteiger partial charge < -0.3 is 14.5 Å². The Morgan fingerprint density at radius 1 is 1.38 bits per heavy atom. The molecule has 1 amide bonds. The van der Waals surface area contributed by atoms with Gasteiger partial charge in [0.25, 0.3) is 5.69 Å². The number of carbonyl (C=O) groups excluding carboxylic acids is 1. The second kappa shape index (κ2) is 6.49. The fourth-order valence-electron chi connectivity index (χ4n) is 2.32. The highest BCUT2D eigenvalue weighted by Gasteiger charge is 2.26. The van der Waals surface area contributed by atoms with Crippen LogP contribution in [0.2, 0.25) is 0 Å². The molecule has 2 rings (SSSR count). The van der Waals surface area contributed by atoms with Crippen LogP contribution in [0, 0.1) is 15.9 Å². The first kappa shape index (κ1) is 15.2. The number of hydrogen-bond acceptors (Lipinski definition) is 5. The van der Waals surface area contributed by atoms with Gasteiger partial charge in [0.05, 0.1) is 4.92 Å². The molecule has 7 nitrogen and oxygen atoms in total. The molecule has 1 aromatic rings. The first-order valence-electron chi connectivity index (χ1n) is 6.48. The molecular weight excluding hydrogens is 281 g/mol. The van der Waals surface area contributed by atoms with E-state index in [1.165, 1.54) is 7.11 Å². The molecule has 0 atom stereocenters. The van der Waals surface area contributed by atoms with Crippen LogP contribution in [-0.2, 0) is 9.53 Å². The number of ether oxygens (including phenoxy) is 1. The SMILES string of the molecule is COCC(=O)N1CCN(c2cc(F)ccc2[N+](=O)[O-])CC1. The quantitative estimate of drug-likeness (QED) is 0.613. The van der Waals surface area contributed by atoms with E-state index in [-0.39, 0.29) is 23.9 Å². The van der Waals surface area contributed by atoms with Crippen LogP contribution in [0.5, 0.6) is 0 Å². The summed E-state index contributed by atoms with van der Waals surface area (Å²) in [6.45, 7) is 1.70. The van der Waals surface area contributed by atoms with Crippen LogP contribution in [0.1, 0.15) is 0 Å². The highest BCUT2D eigenvalue weighted by Crippen LogP contribution is 2.29. The molecule has 0 radical (unpaired) electrons. The van der Waals surface area contributed by atoms with Gasteiger partial charge in [0.15, 0.2) is 0 Å². The summed E-state index contributed by atoms with van der Waals surface area (Å²) in [6, 6.07) is 3.39. The molecule has 1 aliphatic rings. The lowest BCUT2D eigenvalue weighted by Gasteiger charge is -2.35. The number of benzene rings is 1. The molecule has 0 saturated carbocycles. The number of hydrogen-bond donors (Lipinski definition) is 0. The van der Waals surface area contributed by atoms with Crippen LogP contribution in [0.3, 0.4) is 0 Å². The maximum absolute atomic E-state index is 13.3. The summed E-state index contributed by atoms with van der Waals surface area (Å²) in [5.41, 5.74) is 0.118. The first-order chi connectivity index (χ1) is 10.0. The summed E-state index contributed by atoms with van der Waals surface area (Å²) in [4.78, 5) is 25.5. The third-order valence-corrected chi connectivity index (χ3v) is 3.38. The Morgan fingerprint density at radius 3 is 2.62 bits per heavy atom. The van der Waals surface area contributed by atoms with Gasteiger partial charge in [0.2, 0.25) is 5.91 Å². The van der Waals surface area contributed by atoms with E-state index in [2.05, 4.69) is 0 Å². The fraction of sp³-hybridized carbons (Fsp3) is 0.462. The van der Waals surface area contributed by atoms with Crippen molar-refractivity contribution in [2.45, 2.75) is 0 Å². The molecule has 0 aliphatic carbocycles. The number of nitrogens with zero attached hydrogens (tertiary/aromatic N) is 3. The van der Waals surface area contributed by atoms with Crippen LogP contribution < -0.4 is 4.90 Å². The minimum Gasteiger partial charge on any atom is -0.375 e. The molecule has 0 N–H and O–H groups in total. The van der Waals surface area contributed by atoms with Gasteiger partial charge in [-0.1, -0.05) is 0 Å². The second-order valence-electron chi connectivity index (χ2n) is 4.69. The number of anilines is 1. The van der Waals surface area contributed by atoms with Crippen LogP contribution in [-0.4, -0.2) is 55.6 Å². The zero-order valence-electron chi connectivity index (χ0n) is 11.6. The Bertz CT molecular complexity index is 544. The maximum atomic E-state index is 13.3. The second-order valence-corrected chi connectivity index (χ2v) is 4.69. The first-order valence-corrected chi connectivity index (χ1v) is 6.48. The van der Waals surface area contributed by atoms with E-state index in [1.807, 2.05) is 0 Å². The van der Waals surface area contributed by atoms with E-state index in [4.69, 9.17) is 4.74 Å². The summed E-state index contributed by atoms with van der Waals surface area (Å²) < 4.78 is 18.1. The van der Waals surface area contributed by atoms with Crippen LogP contribution in [0.15, 0.2) is 18.2 Å². The van der Waals surface area contributed by atoms with Crippen LogP contribution in [0.4, 0.5) is 15.8 Å². The highest BCUT2D eigenvalue weighted by atomic mass is 19.1. The Labute approximate surface area is 121 Å². The summed E-state index contributed by atoms with van der Waals surface area (Å²) in [6.07, 6.45) is 0. The number of nitro groups is 1. The van der Waals surface area contributed by atoms with E-state index in [0.717, 1.165) is 18.2 Å². The standard InChI is InChI=1S/C13H16FN3O4/c1-21-9-13(18)16-6-4-15(5-7-16)12-8-10(14)2-3-11(12)17(19)20/h2-3,8H,4-7,9H2,1H3. The zero-order valence-corrected chi connectivity index (χ0v) is 11.6. The predicted octanol–water partition coefficient (Wildman–Crippen LogP) is 1.03. The van der Waals surface area contributed by atoms with Gasteiger partial charge in [-0.3, -0.25) is 14.9 Å². The number of rotatable bonds is 4. The summed E-state index contributed by atoms with van der Waals surface area (Å²) >= 11 is 0. The number of piperazine rings is 1. The summed E-state index contributed by atoms with van der Waals surface area (Å²) in [7, 11) is 1.45. The minimum absolute atomic E-state index is 0.0140. The normalized spacial score (nSPS) is 15.1. The third kappa shape index (κ3) is 3.46. The molecule has 0 aromatic heterocycles. The number of methoxy groups -OCH3 is 1. The van der Waals surface area contributed by atoms with Crippen molar-refractivity contribution in [1.29, 1.82) is 0 Å². The van der Waals surface area contributed by atoms with Gasteiger partial charge in [-0.15, -0.1) is 0 Å². The lowest BCUT2D eigenvalue weighted by molar-refractivity contribution is -0.384. The number of carbonyl (C=O) groups is 1. The topological polar surface area (TPSA) is 75.9 Å². The smallest absolute Gasteiger partial charge is 0.292 e. The number of amides is 1. The van der Waals surface area contributed by atoms with Crippen molar-refractivity contribution >= 4 is 17.3 Å². The Morgan fingerprint density at radius 2 is 2.05 bits per heavy atom. The molecule has 1 heterocycles. The van der Waals surface area contributed by atoms with E-state index in [0.29, 0.717) is 26.2 Å². The van der Waals surface area contributed by atoms with Gasteiger partial charge in [-0.25, -0.2) is 4.39 Å². The van der Waals surface area contributed by atoms with Gasteiger partial charge in [-0.2, -0.15) is 0 Å². The Kier molecular flexibility index (Phi) is 4.69. The molecule has 1 aliphatic heterocycles.